The van der Waals surface area contributed by atoms with Crippen LogP contribution in [0.4, 0.5) is 0 Å². The first-order valence-electron chi connectivity index (χ1n) is 6.75. The minimum atomic E-state index is -0.265. The van der Waals surface area contributed by atoms with E-state index in [1.165, 1.54) is 0 Å². The number of amides is 1. The predicted molar refractivity (Wildman–Crippen MR) is 89.7 cm³/mol. The lowest BCUT2D eigenvalue weighted by Crippen LogP contribution is -2.51. The average molecular weight is 347 g/mol. The van der Waals surface area contributed by atoms with Crippen LogP contribution >= 0.6 is 24.8 Å². The zero-order valence-electron chi connectivity index (χ0n) is 12.2. The van der Waals surface area contributed by atoms with Crippen LogP contribution < -0.4 is 10.6 Å². The van der Waals surface area contributed by atoms with E-state index >= 15 is 0 Å². The fourth-order valence-corrected chi connectivity index (χ4v) is 2.38. The maximum Gasteiger partial charge on any atom is 0.239 e. The SMILES string of the molecule is Cl.Cl.Cn1c(CNC(=O)C2COCCN2)nc2ccccc21. The molecule has 0 saturated carbocycles. The first-order chi connectivity index (χ1) is 9.75. The Labute approximate surface area is 141 Å². The van der Waals surface area contributed by atoms with E-state index in [4.69, 9.17) is 4.74 Å². The van der Waals surface area contributed by atoms with Gasteiger partial charge in [0, 0.05) is 13.6 Å². The topological polar surface area (TPSA) is 68.2 Å². The number of benzene rings is 1. The Morgan fingerprint density at radius 3 is 2.91 bits per heavy atom. The molecule has 0 bridgehead atoms. The second-order valence-corrected chi connectivity index (χ2v) is 4.88. The molecular weight excluding hydrogens is 327 g/mol. The highest BCUT2D eigenvalue weighted by Gasteiger charge is 2.21. The molecule has 1 unspecified atom stereocenters. The van der Waals surface area contributed by atoms with Crippen molar-refractivity contribution in [3.8, 4) is 0 Å². The largest absolute Gasteiger partial charge is 0.378 e. The lowest BCUT2D eigenvalue weighted by molar-refractivity contribution is -0.126. The third kappa shape index (κ3) is 3.89. The van der Waals surface area contributed by atoms with Gasteiger partial charge in [-0.1, -0.05) is 12.1 Å². The quantitative estimate of drug-likeness (QED) is 0.870. The predicted octanol–water partition coefficient (Wildman–Crippen LogP) is 1.02. The first-order valence-corrected chi connectivity index (χ1v) is 6.75. The number of halogens is 2. The number of rotatable bonds is 3. The van der Waals surface area contributed by atoms with Gasteiger partial charge in [0.2, 0.25) is 5.91 Å². The zero-order chi connectivity index (χ0) is 13.9. The van der Waals surface area contributed by atoms with E-state index in [-0.39, 0.29) is 36.8 Å². The van der Waals surface area contributed by atoms with Gasteiger partial charge in [-0.25, -0.2) is 4.98 Å². The molecule has 0 aliphatic carbocycles. The second kappa shape index (κ2) is 8.33. The first kappa shape index (κ1) is 18.7. The van der Waals surface area contributed by atoms with Crippen molar-refractivity contribution in [1.29, 1.82) is 0 Å². The number of hydrogen-bond donors (Lipinski definition) is 2. The molecule has 2 N–H and O–H groups in total. The van der Waals surface area contributed by atoms with E-state index < -0.39 is 0 Å². The van der Waals surface area contributed by atoms with Crippen LogP contribution in [-0.4, -0.2) is 41.3 Å². The van der Waals surface area contributed by atoms with Gasteiger partial charge in [0.05, 0.1) is 30.8 Å². The van der Waals surface area contributed by atoms with Crippen molar-refractivity contribution in [1.82, 2.24) is 20.2 Å². The molecule has 8 heteroatoms. The molecule has 1 aromatic carbocycles. The number of hydrogen-bond acceptors (Lipinski definition) is 4. The van der Waals surface area contributed by atoms with Crippen molar-refractivity contribution in [2.75, 3.05) is 19.8 Å². The summed E-state index contributed by atoms with van der Waals surface area (Å²) in [5.74, 6) is 0.799. The van der Waals surface area contributed by atoms with Crippen LogP contribution in [0.5, 0.6) is 0 Å². The molecule has 2 heterocycles. The van der Waals surface area contributed by atoms with Gasteiger partial charge in [0.25, 0.3) is 0 Å². The van der Waals surface area contributed by atoms with Crippen molar-refractivity contribution in [3.05, 3.63) is 30.1 Å². The Hall–Kier alpha value is -1.34. The van der Waals surface area contributed by atoms with E-state index in [1.807, 2.05) is 35.9 Å². The molecule has 1 saturated heterocycles. The van der Waals surface area contributed by atoms with Crippen LogP contribution in [-0.2, 0) is 23.1 Å². The molecule has 1 atom stereocenters. The summed E-state index contributed by atoms with van der Waals surface area (Å²) < 4.78 is 7.28. The maximum absolute atomic E-state index is 12.0. The molecule has 22 heavy (non-hydrogen) atoms. The van der Waals surface area contributed by atoms with Crippen LogP contribution in [0.15, 0.2) is 24.3 Å². The summed E-state index contributed by atoms with van der Waals surface area (Å²) >= 11 is 0. The molecule has 122 valence electrons. The van der Waals surface area contributed by atoms with E-state index in [0.29, 0.717) is 26.3 Å². The van der Waals surface area contributed by atoms with Gasteiger partial charge >= 0.3 is 0 Å². The van der Waals surface area contributed by atoms with Crippen LogP contribution in [0.25, 0.3) is 11.0 Å². The average Bonchev–Trinajstić information content (AvgIpc) is 2.83. The van der Waals surface area contributed by atoms with Gasteiger partial charge in [-0.15, -0.1) is 24.8 Å². The number of para-hydroxylation sites is 2. The fourth-order valence-electron chi connectivity index (χ4n) is 2.38. The van der Waals surface area contributed by atoms with Crippen molar-refractivity contribution >= 4 is 41.8 Å². The molecule has 6 nitrogen and oxygen atoms in total. The summed E-state index contributed by atoms with van der Waals surface area (Å²) in [4.78, 5) is 16.5. The summed E-state index contributed by atoms with van der Waals surface area (Å²) in [6.07, 6.45) is 0. The van der Waals surface area contributed by atoms with Gasteiger partial charge in [-0.3, -0.25) is 4.79 Å². The highest BCUT2D eigenvalue weighted by atomic mass is 35.5. The number of nitrogens with one attached hydrogen (secondary N) is 2. The molecule has 2 aromatic rings. The Balaban J connectivity index is 0.00000121. The van der Waals surface area contributed by atoms with Crippen molar-refractivity contribution in [2.45, 2.75) is 12.6 Å². The fraction of sp³-hybridized carbons (Fsp3) is 0.429. The molecule has 3 rings (SSSR count). The molecule has 1 aliphatic heterocycles. The highest BCUT2D eigenvalue weighted by Crippen LogP contribution is 2.13. The van der Waals surface area contributed by atoms with Gasteiger partial charge in [0.15, 0.2) is 0 Å². The summed E-state index contributed by atoms with van der Waals surface area (Å²) in [6.45, 7) is 2.22. The van der Waals surface area contributed by atoms with Crippen LogP contribution in [0, 0.1) is 0 Å². The lowest BCUT2D eigenvalue weighted by atomic mass is 10.2. The highest BCUT2D eigenvalue weighted by molar-refractivity contribution is 5.85. The van der Waals surface area contributed by atoms with Gasteiger partial charge in [-0.2, -0.15) is 0 Å². The van der Waals surface area contributed by atoms with E-state index in [9.17, 15) is 4.79 Å². The number of nitrogens with zero attached hydrogens (tertiary/aromatic N) is 2. The summed E-state index contributed by atoms with van der Waals surface area (Å²) in [6, 6.07) is 7.66. The molecule has 0 radical (unpaired) electrons. The van der Waals surface area contributed by atoms with Crippen molar-refractivity contribution < 1.29 is 9.53 Å². The Morgan fingerprint density at radius 1 is 1.45 bits per heavy atom. The Kier molecular flexibility index (Phi) is 7.09. The molecule has 1 amide bonds. The number of fused-ring (bicyclic) bond motifs is 1. The summed E-state index contributed by atoms with van der Waals surface area (Å²) in [7, 11) is 1.96. The van der Waals surface area contributed by atoms with Gasteiger partial charge in [-0.05, 0) is 12.1 Å². The number of imidazole rings is 1. The smallest absolute Gasteiger partial charge is 0.239 e. The van der Waals surface area contributed by atoms with Crippen LogP contribution in [0.3, 0.4) is 0 Å². The molecule has 0 spiro atoms. The summed E-state index contributed by atoms with van der Waals surface area (Å²) in [5, 5.41) is 6.04. The second-order valence-electron chi connectivity index (χ2n) is 4.88. The van der Waals surface area contributed by atoms with E-state index in [2.05, 4.69) is 15.6 Å². The van der Waals surface area contributed by atoms with Gasteiger partial charge in [0.1, 0.15) is 11.9 Å². The molecule has 1 aromatic heterocycles. The number of carbonyl (C=O) groups excluding carboxylic acids is 1. The third-order valence-corrected chi connectivity index (χ3v) is 3.54. The molecular formula is C14H20Cl2N4O2. The molecule has 1 fully saturated rings. The number of ether oxygens (including phenoxy) is 1. The number of aromatic nitrogens is 2. The van der Waals surface area contributed by atoms with E-state index in [0.717, 1.165) is 16.9 Å². The van der Waals surface area contributed by atoms with Gasteiger partial charge < -0.3 is 19.9 Å². The van der Waals surface area contributed by atoms with Crippen molar-refractivity contribution in [3.63, 3.8) is 0 Å². The standard InChI is InChI=1S/C14H18N4O2.2ClH/c1-18-12-5-3-2-4-10(12)17-13(18)8-16-14(19)11-9-20-7-6-15-11;;/h2-5,11,15H,6-9H2,1H3,(H,16,19);2*1H. The zero-order valence-corrected chi connectivity index (χ0v) is 13.9. The monoisotopic (exact) mass is 346 g/mol. The Morgan fingerprint density at radius 2 is 2.23 bits per heavy atom. The number of carbonyl (C=O) groups is 1. The minimum absolute atomic E-state index is 0. The van der Waals surface area contributed by atoms with E-state index in [1.54, 1.807) is 0 Å². The lowest BCUT2D eigenvalue weighted by Gasteiger charge is -2.22. The minimum Gasteiger partial charge on any atom is -0.378 e. The Bertz CT molecular complexity index is 626. The number of aryl methyl sites for hydroxylation is 1. The number of morpholine rings is 1. The summed E-state index contributed by atoms with van der Waals surface area (Å²) in [5.41, 5.74) is 2.01. The van der Waals surface area contributed by atoms with Crippen LogP contribution in [0.1, 0.15) is 5.82 Å². The van der Waals surface area contributed by atoms with Crippen molar-refractivity contribution in [2.24, 2.45) is 7.05 Å². The maximum atomic E-state index is 12.0. The normalized spacial score (nSPS) is 17.4. The third-order valence-electron chi connectivity index (χ3n) is 3.54. The molecule has 1 aliphatic rings. The van der Waals surface area contributed by atoms with Crippen LogP contribution in [0.2, 0.25) is 0 Å².